The highest BCUT2D eigenvalue weighted by atomic mass is 16.2. The highest BCUT2D eigenvalue weighted by molar-refractivity contribution is 5.76. The second kappa shape index (κ2) is 5.69. The Kier molecular flexibility index (Phi) is 3.77. The Morgan fingerprint density at radius 3 is 3.05 bits per heavy atom. The molecule has 2 fully saturated rings. The van der Waals surface area contributed by atoms with E-state index in [1.165, 1.54) is 19.2 Å². The number of carbonyl (C=O) groups excluding carboxylic acids is 1. The topological polar surface area (TPSA) is 63.1 Å². The maximum absolute atomic E-state index is 12.3. The Morgan fingerprint density at radius 2 is 2.32 bits per heavy atom. The molecular formula is C13H21N5O. The van der Waals surface area contributed by atoms with E-state index in [0.29, 0.717) is 25.0 Å². The van der Waals surface area contributed by atoms with Gasteiger partial charge >= 0.3 is 0 Å². The van der Waals surface area contributed by atoms with E-state index in [9.17, 15) is 4.79 Å². The third kappa shape index (κ3) is 2.78. The van der Waals surface area contributed by atoms with Gasteiger partial charge < -0.3 is 10.2 Å². The molecule has 3 rings (SSSR count). The van der Waals surface area contributed by atoms with Crippen LogP contribution in [0, 0.1) is 0 Å². The lowest BCUT2D eigenvalue weighted by molar-refractivity contribution is -0.132. The molecule has 0 aromatic carbocycles. The number of amides is 1. The molecule has 3 heterocycles. The molecule has 1 N–H and O–H groups in total. The quantitative estimate of drug-likeness (QED) is 0.854. The van der Waals surface area contributed by atoms with Gasteiger partial charge in [-0.2, -0.15) is 5.10 Å². The zero-order valence-corrected chi connectivity index (χ0v) is 11.2. The van der Waals surface area contributed by atoms with Crippen LogP contribution in [-0.2, 0) is 11.3 Å². The summed E-state index contributed by atoms with van der Waals surface area (Å²) in [5.41, 5.74) is 0. The van der Waals surface area contributed by atoms with Gasteiger partial charge in [0.2, 0.25) is 5.91 Å². The van der Waals surface area contributed by atoms with E-state index in [-0.39, 0.29) is 5.91 Å². The number of nitrogens with one attached hydrogen (secondary N) is 1. The van der Waals surface area contributed by atoms with Crippen molar-refractivity contribution in [1.29, 1.82) is 0 Å². The first-order valence-corrected chi connectivity index (χ1v) is 7.20. The van der Waals surface area contributed by atoms with Gasteiger partial charge in [0.05, 0.1) is 6.54 Å². The lowest BCUT2D eigenvalue weighted by Gasteiger charge is -2.29. The molecule has 0 aliphatic carbocycles. The summed E-state index contributed by atoms with van der Waals surface area (Å²) in [6, 6.07) is 0.920. The summed E-state index contributed by atoms with van der Waals surface area (Å²) >= 11 is 0. The first-order chi connectivity index (χ1) is 9.34. The molecular weight excluding hydrogens is 242 g/mol. The van der Waals surface area contributed by atoms with Gasteiger partial charge in [-0.05, 0) is 32.2 Å². The van der Waals surface area contributed by atoms with Crippen molar-refractivity contribution >= 4 is 5.91 Å². The van der Waals surface area contributed by atoms with Crippen LogP contribution in [0.1, 0.15) is 32.1 Å². The number of hydrogen-bond donors (Lipinski definition) is 1. The first kappa shape index (κ1) is 12.6. The van der Waals surface area contributed by atoms with E-state index in [1.807, 2.05) is 0 Å². The number of hydrogen-bond acceptors (Lipinski definition) is 4. The smallest absolute Gasteiger partial charge is 0.224 e. The van der Waals surface area contributed by atoms with E-state index in [2.05, 4.69) is 20.3 Å². The molecule has 2 atom stereocenters. The third-order valence-corrected chi connectivity index (χ3v) is 4.20. The summed E-state index contributed by atoms with van der Waals surface area (Å²) in [5, 5.41) is 7.57. The van der Waals surface area contributed by atoms with Crippen molar-refractivity contribution in [3.63, 3.8) is 0 Å². The molecule has 0 saturated carbocycles. The largest absolute Gasteiger partial charge is 0.338 e. The van der Waals surface area contributed by atoms with Crippen LogP contribution in [0.2, 0.25) is 0 Å². The predicted molar refractivity (Wildman–Crippen MR) is 70.4 cm³/mol. The van der Waals surface area contributed by atoms with Crippen LogP contribution in [0.5, 0.6) is 0 Å². The van der Waals surface area contributed by atoms with E-state index < -0.39 is 0 Å². The fraction of sp³-hybridized carbons (Fsp3) is 0.769. The fourth-order valence-corrected chi connectivity index (χ4v) is 3.26. The Labute approximate surface area is 113 Å². The normalized spacial score (nSPS) is 27.1. The minimum absolute atomic E-state index is 0.256. The number of carbonyl (C=O) groups is 1. The second-order valence-corrected chi connectivity index (χ2v) is 5.41. The zero-order valence-electron chi connectivity index (χ0n) is 11.2. The van der Waals surface area contributed by atoms with Gasteiger partial charge in [0.1, 0.15) is 12.7 Å². The predicted octanol–water partition coefficient (Wildman–Crippen LogP) is 0.411. The summed E-state index contributed by atoms with van der Waals surface area (Å²) in [4.78, 5) is 18.3. The number of nitrogens with zero attached hydrogens (tertiary/aromatic N) is 4. The zero-order chi connectivity index (χ0) is 13.1. The molecule has 0 radical (unpaired) electrons. The molecule has 2 aliphatic heterocycles. The fourth-order valence-electron chi connectivity index (χ4n) is 3.26. The Bertz CT molecular complexity index is 413. The summed E-state index contributed by atoms with van der Waals surface area (Å²) < 4.78 is 1.72. The van der Waals surface area contributed by atoms with Crippen molar-refractivity contribution in [3.05, 3.63) is 12.7 Å². The molecule has 0 bridgehead atoms. The summed E-state index contributed by atoms with van der Waals surface area (Å²) in [5.74, 6) is 0.256. The standard InChI is InChI=1S/C13H21N5O/c19-13(5-8-17-10-14-9-16-17)18-7-2-4-12(18)11-3-1-6-15-11/h9-12,15H,1-8H2. The number of aryl methyl sites for hydroxylation is 1. The maximum atomic E-state index is 12.3. The first-order valence-electron chi connectivity index (χ1n) is 7.20. The van der Waals surface area contributed by atoms with Gasteiger partial charge in [-0.25, -0.2) is 4.98 Å². The van der Waals surface area contributed by atoms with Crippen molar-refractivity contribution in [2.24, 2.45) is 0 Å². The maximum Gasteiger partial charge on any atom is 0.224 e. The van der Waals surface area contributed by atoms with Gasteiger partial charge in [-0.15, -0.1) is 0 Å². The lowest BCUT2D eigenvalue weighted by Crippen LogP contribution is -2.46. The molecule has 2 saturated heterocycles. The van der Waals surface area contributed by atoms with Crippen molar-refractivity contribution in [2.45, 2.75) is 50.7 Å². The molecule has 1 aromatic rings. The van der Waals surface area contributed by atoms with Gasteiger partial charge in [0, 0.05) is 25.0 Å². The molecule has 0 spiro atoms. The molecule has 6 heteroatoms. The molecule has 1 aromatic heterocycles. The van der Waals surface area contributed by atoms with Crippen molar-refractivity contribution in [3.8, 4) is 0 Å². The molecule has 2 aliphatic rings. The minimum Gasteiger partial charge on any atom is -0.338 e. The van der Waals surface area contributed by atoms with Gasteiger partial charge in [0.25, 0.3) is 0 Å². The van der Waals surface area contributed by atoms with Crippen molar-refractivity contribution in [1.82, 2.24) is 25.0 Å². The van der Waals surface area contributed by atoms with Crippen molar-refractivity contribution in [2.75, 3.05) is 13.1 Å². The average Bonchev–Trinajstić information content (AvgIpc) is 3.14. The van der Waals surface area contributed by atoms with Crippen LogP contribution in [-0.4, -0.2) is 50.7 Å². The van der Waals surface area contributed by atoms with Crippen LogP contribution < -0.4 is 5.32 Å². The Hall–Kier alpha value is -1.43. The van der Waals surface area contributed by atoms with Crippen LogP contribution in [0.15, 0.2) is 12.7 Å². The molecule has 6 nitrogen and oxygen atoms in total. The van der Waals surface area contributed by atoms with E-state index in [4.69, 9.17) is 0 Å². The summed E-state index contributed by atoms with van der Waals surface area (Å²) in [6.45, 7) is 2.64. The highest BCUT2D eigenvalue weighted by Crippen LogP contribution is 2.25. The minimum atomic E-state index is 0.256. The van der Waals surface area contributed by atoms with Crippen molar-refractivity contribution < 1.29 is 4.79 Å². The number of rotatable bonds is 4. The van der Waals surface area contributed by atoms with Crippen LogP contribution in [0.4, 0.5) is 0 Å². The third-order valence-electron chi connectivity index (χ3n) is 4.20. The SMILES string of the molecule is O=C(CCn1cncn1)N1CCCC1C1CCCN1. The van der Waals surface area contributed by atoms with E-state index in [1.54, 1.807) is 11.0 Å². The van der Waals surface area contributed by atoms with E-state index in [0.717, 1.165) is 25.9 Å². The summed E-state index contributed by atoms with van der Waals surface area (Å²) in [7, 11) is 0. The van der Waals surface area contributed by atoms with Gasteiger partial charge in [-0.1, -0.05) is 0 Å². The molecule has 2 unspecified atom stereocenters. The molecule has 104 valence electrons. The lowest BCUT2D eigenvalue weighted by atomic mass is 10.0. The highest BCUT2D eigenvalue weighted by Gasteiger charge is 2.35. The van der Waals surface area contributed by atoms with Gasteiger partial charge in [-0.3, -0.25) is 9.48 Å². The van der Waals surface area contributed by atoms with Gasteiger partial charge in [0.15, 0.2) is 0 Å². The second-order valence-electron chi connectivity index (χ2n) is 5.41. The monoisotopic (exact) mass is 263 g/mol. The number of aromatic nitrogens is 3. The number of likely N-dealkylation sites (tertiary alicyclic amines) is 1. The Balaban J connectivity index is 1.55. The molecule has 1 amide bonds. The van der Waals surface area contributed by atoms with E-state index >= 15 is 0 Å². The molecule has 19 heavy (non-hydrogen) atoms. The average molecular weight is 263 g/mol. The van der Waals surface area contributed by atoms with Crippen LogP contribution in [0.25, 0.3) is 0 Å². The summed E-state index contributed by atoms with van der Waals surface area (Å²) in [6.07, 6.45) is 8.41. The van der Waals surface area contributed by atoms with Crippen LogP contribution >= 0.6 is 0 Å². The Morgan fingerprint density at radius 1 is 1.37 bits per heavy atom. The van der Waals surface area contributed by atoms with Crippen LogP contribution in [0.3, 0.4) is 0 Å².